The summed E-state index contributed by atoms with van der Waals surface area (Å²) in [7, 11) is 0. The number of amidine groups is 1. The van der Waals surface area contributed by atoms with Crippen LogP contribution in [0.4, 0.5) is 0 Å². The highest BCUT2D eigenvalue weighted by molar-refractivity contribution is 5.77. The number of aliphatic imine (C=N–C) groups is 1. The molecule has 0 fully saturated rings. The number of fused-ring (bicyclic) bond motifs is 1. The first-order valence-corrected chi connectivity index (χ1v) is 2.85. The van der Waals surface area contributed by atoms with Crippen molar-refractivity contribution in [3.63, 3.8) is 0 Å². The molecular weight excluding hydrogens is 116 g/mol. The predicted octanol–water partition coefficient (Wildman–Crippen LogP) is -0.744. The minimum absolute atomic E-state index is 0.624. The second-order valence-corrected chi connectivity index (χ2v) is 1.96. The number of ether oxygens (including phenoxy) is 1. The first kappa shape index (κ1) is 4.76. The van der Waals surface area contributed by atoms with Crippen LogP contribution >= 0.6 is 0 Å². The van der Waals surface area contributed by atoms with Gasteiger partial charge >= 0.3 is 0 Å². The molecule has 1 N–H and O–H groups in total. The van der Waals surface area contributed by atoms with Crippen molar-refractivity contribution in [2.75, 3.05) is 6.61 Å². The molecule has 2 rings (SSSR count). The van der Waals surface area contributed by atoms with Gasteiger partial charge in [-0.05, 0) is 0 Å². The van der Waals surface area contributed by atoms with Crippen LogP contribution in [0.3, 0.4) is 0 Å². The van der Waals surface area contributed by atoms with Gasteiger partial charge in [0.1, 0.15) is 18.7 Å². The van der Waals surface area contributed by atoms with Crippen molar-refractivity contribution in [1.29, 1.82) is 0 Å². The first-order chi connectivity index (χ1) is 4.47. The van der Waals surface area contributed by atoms with Gasteiger partial charge in [0.15, 0.2) is 6.61 Å². The number of nitrogens with one attached hydrogen (secondary N) is 1. The average Bonchev–Trinajstić information content (AvgIpc) is 2.33. The largest absolute Gasteiger partial charge is 0.483 e. The Morgan fingerprint density at radius 2 is 2.56 bits per heavy atom. The fraction of sp³-hybridized carbons (Fsp3) is 0.167. The van der Waals surface area contributed by atoms with E-state index in [1.54, 1.807) is 12.5 Å². The Hall–Kier alpha value is -1.09. The highest BCUT2D eigenvalue weighted by Gasteiger charge is 2.19. The van der Waals surface area contributed by atoms with Crippen LogP contribution in [0, 0.1) is 0 Å². The lowest BCUT2D eigenvalue weighted by Crippen LogP contribution is -3.06. The van der Waals surface area contributed by atoms with Crippen LogP contribution in [0.25, 0.3) is 0 Å². The first-order valence-electron chi connectivity index (χ1n) is 2.85. The van der Waals surface area contributed by atoms with E-state index in [0.717, 1.165) is 5.84 Å². The molecule has 0 aromatic rings. The van der Waals surface area contributed by atoms with Gasteiger partial charge in [-0.15, -0.1) is 0 Å². The maximum atomic E-state index is 5.01. The van der Waals surface area contributed by atoms with E-state index < -0.39 is 0 Å². The van der Waals surface area contributed by atoms with E-state index in [9.17, 15) is 0 Å². The number of rotatable bonds is 0. The minimum atomic E-state index is 0.624. The Morgan fingerprint density at radius 3 is 3.44 bits per heavy atom. The summed E-state index contributed by atoms with van der Waals surface area (Å²) < 4.78 is 5.01. The molecule has 2 heterocycles. The monoisotopic (exact) mass is 123 g/mol. The highest BCUT2D eigenvalue weighted by atomic mass is 16.5. The van der Waals surface area contributed by atoms with Gasteiger partial charge < -0.3 is 4.74 Å². The molecule has 2 aliphatic heterocycles. The second-order valence-electron chi connectivity index (χ2n) is 1.96. The van der Waals surface area contributed by atoms with Gasteiger partial charge in [-0.3, -0.25) is 0 Å². The van der Waals surface area contributed by atoms with Crippen molar-refractivity contribution >= 4 is 5.84 Å². The summed E-state index contributed by atoms with van der Waals surface area (Å²) in [6, 6.07) is 0. The van der Waals surface area contributed by atoms with Crippen molar-refractivity contribution in [2.24, 2.45) is 4.99 Å². The van der Waals surface area contributed by atoms with Crippen molar-refractivity contribution < 1.29 is 9.64 Å². The molecule has 1 unspecified atom stereocenters. The Balaban J connectivity index is 2.31. The Morgan fingerprint density at radius 1 is 1.56 bits per heavy atom. The third-order valence-corrected chi connectivity index (χ3v) is 1.38. The number of nitrogens with zero attached hydrogens (tertiary/aromatic N) is 1. The third-order valence-electron chi connectivity index (χ3n) is 1.38. The summed E-state index contributed by atoms with van der Waals surface area (Å²) in [5.74, 6) is 1.04. The smallest absolute Gasteiger partial charge is 0.249 e. The van der Waals surface area contributed by atoms with E-state index >= 15 is 0 Å². The molecule has 0 spiro atoms. The molecule has 0 radical (unpaired) electrons. The van der Waals surface area contributed by atoms with E-state index in [1.165, 1.54) is 4.90 Å². The van der Waals surface area contributed by atoms with Crippen LogP contribution in [-0.2, 0) is 4.74 Å². The standard InChI is InChI=1S/C6H6N2O/c1-2-8-3-4-9-5-6(8)7-1/h1-4H,5H2/p+1. The second kappa shape index (κ2) is 1.70. The lowest BCUT2D eigenvalue weighted by Gasteiger charge is -2.10. The van der Waals surface area contributed by atoms with Crippen molar-refractivity contribution in [1.82, 2.24) is 0 Å². The molecule has 0 saturated carbocycles. The van der Waals surface area contributed by atoms with E-state index in [2.05, 4.69) is 4.99 Å². The van der Waals surface area contributed by atoms with Crippen LogP contribution in [-0.4, -0.2) is 12.4 Å². The summed E-state index contributed by atoms with van der Waals surface area (Å²) in [6.07, 6.45) is 7.40. The zero-order valence-electron chi connectivity index (χ0n) is 4.87. The molecule has 2 aliphatic rings. The normalized spacial score (nSPS) is 29.3. The minimum Gasteiger partial charge on any atom is -0.483 e. The fourth-order valence-electron chi connectivity index (χ4n) is 0.899. The molecule has 0 bridgehead atoms. The van der Waals surface area contributed by atoms with E-state index in [1.807, 2.05) is 12.4 Å². The molecule has 1 atom stereocenters. The molecule has 0 saturated heterocycles. The SMILES string of the molecule is C1=C[NH+]2C=COCC2=N1. The van der Waals surface area contributed by atoms with Crippen LogP contribution in [0.15, 0.2) is 29.9 Å². The van der Waals surface area contributed by atoms with Crippen molar-refractivity contribution in [3.8, 4) is 0 Å². The molecule has 0 aromatic carbocycles. The lowest BCUT2D eigenvalue weighted by molar-refractivity contribution is -0.685. The van der Waals surface area contributed by atoms with Crippen LogP contribution < -0.4 is 4.90 Å². The fourth-order valence-corrected chi connectivity index (χ4v) is 0.899. The van der Waals surface area contributed by atoms with E-state index in [0.29, 0.717) is 6.61 Å². The Bertz CT molecular complexity index is 205. The summed E-state index contributed by atoms with van der Waals surface area (Å²) in [5, 5.41) is 0. The third kappa shape index (κ3) is 0.658. The summed E-state index contributed by atoms with van der Waals surface area (Å²) >= 11 is 0. The molecule has 0 amide bonds. The lowest BCUT2D eigenvalue weighted by atomic mass is 10.5. The highest BCUT2D eigenvalue weighted by Crippen LogP contribution is 1.88. The molecular formula is C6H7N2O+. The van der Waals surface area contributed by atoms with Gasteiger partial charge in [-0.25, -0.2) is 4.90 Å². The molecule has 46 valence electrons. The molecule has 0 aromatic heterocycles. The van der Waals surface area contributed by atoms with Gasteiger partial charge in [-0.2, -0.15) is 4.99 Å². The summed E-state index contributed by atoms with van der Waals surface area (Å²) in [4.78, 5) is 5.26. The van der Waals surface area contributed by atoms with Crippen LogP contribution in [0.2, 0.25) is 0 Å². The maximum absolute atomic E-state index is 5.01. The Labute approximate surface area is 52.9 Å². The van der Waals surface area contributed by atoms with Crippen LogP contribution in [0.1, 0.15) is 0 Å². The predicted molar refractivity (Wildman–Crippen MR) is 32.6 cm³/mol. The number of hydrogen-bond donors (Lipinski definition) is 1. The quantitative estimate of drug-likeness (QED) is 0.451. The molecule has 3 heteroatoms. The van der Waals surface area contributed by atoms with Gasteiger partial charge in [-0.1, -0.05) is 0 Å². The van der Waals surface area contributed by atoms with E-state index in [4.69, 9.17) is 4.74 Å². The Kier molecular flexibility index (Phi) is 0.899. The van der Waals surface area contributed by atoms with Crippen molar-refractivity contribution in [3.05, 3.63) is 24.9 Å². The van der Waals surface area contributed by atoms with Crippen LogP contribution in [0.5, 0.6) is 0 Å². The van der Waals surface area contributed by atoms with Gasteiger partial charge in [0.05, 0.1) is 6.20 Å². The maximum Gasteiger partial charge on any atom is 0.249 e. The molecule has 3 nitrogen and oxygen atoms in total. The molecule has 9 heavy (non-hydrogen) atoms. The van der Waals surface area contributed by atoms with Gasteiger partial charge in [0.25, 0.3) is 0 Å². The van der Waals surface area contributed by atoms with Crippen molar-refractivity contribution in [2.45, 2.75) is 0 Å². The topological polar surface area (TPSA) is 26.0 Å². The zero-order chi connectivity index (χ0) is 6.10. The van der Waals surface area contributed by atoms with E-state index in [-0.39, 0.29) is 0 Å². The van der Waals surface area contributed by atoms with Gasteiger partial charge in [0, 0.05) is 0 Å². The number of quaternary nitrogens is 1. The number of hydrogen-bond acceptors (Lipinski definition) is 2. The summed E-state index contributed by atoms with van der Waals surface area (Å²) in [5.41, 5.74) is 0. The summed E-state index contributed by atoms with van der Waals surface area (Å²) in [6.45, 7) is 0.624. The average molecular weight is 123 g/mol. The van der Waals surface area contributed by atoms with Gasteiger partial charge in [0.2, 0.25) is 5.84 Å². The molecule has 0 aliphatic carbocycles. The zero-order valence-corrected chi connectivity index (χ0v) is 4.87.